The minimum atomic E-state index is -0.900. The van der Waals surface area contributed by atoms with Crippen LogP contribution in [-0.4, -0.2) is 72.4 Å². The molecule has 0 aliphatic carbocycles. The van der Waals surface area contributed by atoms with Gasteiger partial charge in [0.05, 0.1) is 11.3 Å². The number of nitrogens with zero attached hydrogens (tertiary/aromatic N) is 2. The largest absolute Gasteiger partial charge is 0.361 e. The number of fused-ring (bicyclic) bond motifs is 1. The monoisotopic (exact) mass is 608 g/mol. The molecule has 4 amide bonds. The standard InChI is InChI=1S/C36H44N6O3/c1-5-37-34(43)29-16-15-25(23-41(3)4)21-32(29)39-35(44)33(24(2)30-22-38-31-14-10-9-13-28(30)31)40-36(45)42-19-17-27(18-20-42)26-11-7-6-8-12-26/h6-16,21-22,24,27,33,38H,5,17-20,23H2,1-4H3,(H,37,43)(H,39,44)(H,40,45). The quantitative estimate of drug-likeness (QED) is 0.186. The van der Waals surface area contributed by atoms with Crippen molar-refractivity contribution in [2.24, 2.45) is 0 Å². The third kappa shape index (κ3) is 7.54. The molecule has 1 fully saturated rings. The number of aromatic amines is 1. The summed E-state index contributed by atoms with van der Waals surface area (Å²) in [6, 6.07) is 22.7. The zero-order valence-corrected chi connectivity index (χ0v) is 26.6. The number of carbonyl (C=O) groups is 3. The average Bonchev–Trinajstić information content (AvgIpc) is 3.48. The normalized spacial score (nSPS) is 15.1. The maximum atomic E-state index is 14.2. The van der Waals surface area contributed by atoms with Gasteiger partial charge in [-0.3, -0.25) is 9.59 Å². The van der Waals surface area contributed by atoms with Crippen LogP contribution in [0.1, 0.15) is 65.6 Å². The third-order valence-corrected chi connectivity index (χ3v) is 8.65. The van der Waals surface area contributed by atoms with Gasteiger partial charge in [0.25, 0.3) is 5.91 Å². The Kier molecular flexibility index (Phi) is 10.2. The zero-order valence-electron chi connectivity index (χ0n) is 26.6. The fraction of sp³-hybridized carbons (Fsp3) is 0.361. The van der Waals surface area contributed by atoms with Crippen molar-refractivity contribution in [3.63, 3.8) is 0 Å². The van der Waals surface area contributed by atoms with E-state index in [2.05, 4.69) is 45.2 Å². The van der Waals surface area contributed by atoms with E-state index in [1.807, 2.05) is 81.5 Å². The molecule has 0 saturated carbocycles. The summed E-state index contributed by atoms with van der Waals surface area (Å²) in [6.07, 6.45) is 3.63. The molecule has 3 aromatic carbocycles. The van der Waals surface area contributed by atoms with E-state index in [0.717, 1.165) is 34.9 Å². The van der Waals surface area contributed by atoms with Crippen molar-refractivity contribution >= 4 is 34.4 Å². The molecule has 4 N–H and O–H groups in total. The Morgan fingerprint density at radius 2 is 1.69 bits per heavy atom. The number of urea groups is 1. The summed E-state index contributed by atoms with van der Waals surface area (Å²) in [5.41, 5.74) is 4.93. The van der Waals surface area contributed by atoms with Gasteiger partial charge in [-0.15, -0.1) is 0 Å². The number of likely N-dealkylation sites (tertiary alicyclic amines) is 1. The van der Waals surface area contributed by atoms with Gasteiger partial charge in [0.2, 0.25) is 5.91 Å². The number of carbonyl (C=O) groups excluding carboxylic acids is 3. The first-order chi connectivity index (χ1) is 21.7. The van der Waals surface area contributed by atoms with Gasteiger partial charge in [-0.2, -0.15) is 0 Å². The van der Waals surface area contributed by atoms with Gasteiger partial charge in [-0.05, 0) is 74.7 Å². The molecule has 1 aliphatic rings. The molecule has 1 aliphatic heterocycles. The van der Waals surface area contributed by atoms with Crippen LogP contribution in [0, 0.1) is 0 Å². The van der Waals surface area contributed by atoms with Crippen molar-refractivity contribution in [3.05, 3.63) is 101 Å². The number of hydrogen-bond acceptors (Lipinski definition) is 4. The van der Waals surface area contributed by atoms with Crippen LogP contribution in [0.4, 0.5) is 10.5 Å². The molecule has 2 atom stereocenters. The summed E-state index contributed by atoms with van der Waals surface area (Å²) in [5, 5.41) is 9.95. The molecule has 0 bridgehead atoms. The molecular formula is C36H44N6O3. The van der Waals surface area contributed by atoms with E-state index in [-0.39, 0.29) is 23.8 Å². The summed E-state index contributed by atoms with van der Waals surface area (Å²) in [7, 11) is 3.93. The number of H-pyrrole nitrogens is 1. The van der Waals surface area contributed by atoms with Crippen molar-refractivity contribution in [2.45, 2.75) is 51.1 Å². The second kappa shape index (κ2) is 14.4. The molecule has 9 heteroatoms. The Bertz CT molecular complexity index is 1620. The number of amides is 4. The second-order valence-electron chi connectivity index (χ2n) is 12.1. The zero-order chi connectivity index (χ0) is 31.9. The molecule has 2 unspecified atom stereocenters. The van der Waals surface area contributed by atoms with Gasteiger partial charge in [0, 0.05) is 49.2 Å². The maximum Gasteiger partial charge on any atom is 0.318 e. The minimum Gasteiger partial charge on any atom is -0.361 e. The fourth-order valence-electron chi connectivity index (χ4n) is 6.26. The van der Waals surface area contributed by atoms with Crippen LogP contribution in [0.15, 0.2) is 79.0 Å². The summed E-state index contributed by atoms with van der Waals surface area (Å²) < 4.78 is 0. The van der Waals surface area contributed by atoms with Crippen LogP contribution in [-0.2, 0) is 11.3 Å². The smallest absolute Gasteiger partial charge is 0.318 e. The lowest BCUT2D eigenvalue weighted by atomic mass is 9.89. The highest BCUT2D eigenvalue weighted by molar-refractivity contribution is 6.06. The summed E-state index contributed by atoms with van der Waals surface area (Å²) >= 11 is 0. The van der Waals surface area contributed by atoms with E-state index in [4.69, 9.17) is 0 Å². The first kappa shape index (κ1) is 31.8. The molecule has 0 spiro atoms. The Morgan fingerprint density at radius 1 is 0.978 bits per heavy atom. The Hall–Kier alpha value is -4.63. The lowest BCUT2D eigenvalue weighted by Gasteiger charge is -2.34. The molecule has 9 nitrogen and oxygen atoms in total. The van der Waals surface area contributed by atoms with Crippen molar-refractivity contribution in [2.75, 3.05) is 39.0 Å². The average molecular weight is 609 g/mol. The number of hydrogen-bond donors (Lipinski definition) is 4. The molecule has 5 rings (SSSR count). The summed E-state index contributed by atoms with van der Waals surface area (Å²) in [4.78, 5) is 48.1. The van der Waals surface area contributed by atoms with E-state index in [1.165, 1.54) is 5.56 Å². The van der Waals surface area contributed by atoms with Crippen LogP contribution in [0.2, 0.25) is 0 Å². The van der Waals surface area contributed by atoms with Gasteiger partial charge in [0.1, 0.15) is 6.04 Å². The van der Waals surface area contributed by atoms with E-state index in [1.54, 1.807) is 11.0 Å². The highest BCUT2D eigenvalue weighted by Gasteiger charge is 2.33. The van der Waals surface area contributed by atoms with E-state index in [0.29, 0.717) is 43.3 Å². The van der Waals surface area contributed by atoms with Gasteiger partial charge in [0.15, 0.2) is 0 Å². The highest BCUT2D eigenvalue weighted by atomic mass is 16.2. The minimum absolute atomic E-state index is 0.265. The molecule has 1 saturated heterocycles. The molecule has 236 valence electrons. The first-order valence-corrected chi connectivity index (χ1v) is 15.8. The van der Waals surface area contributed by atoms with E-state index < -0.39 is 6.04 Å². The number of anilines is 1. The predicted molar refractivity (Wildman–Crippen MR) is 179 cm³/mol. The molecule has 45 heavy (non-hydrogen) atoms. The van der Waals surface area contributed by atoms with Gasteiger partial charge >= 0.3 is 6.03 Å². The topological polar surface area (TPSA) is 110 Å². The SMILES string of the molecule is CCNC(=O)c1ccc(CN(C)C)cc1NC(=O)C(NC(=O)N1CCC(c2ccccc2)CC1)C(C)c1c[nH]c2ccccc12. The number of nitrogens with one attached hydrogen (secondary N) is 4. The number of aromatic nitrogens is 1. The number of benzene rings is 3. The van der Waals surface area contributed by atoms with E-state index >= 15 is 0 Å². The molecule has 0 radical (unpaired) electrons. The van der Waals surface area contributed by atoms with Crippen molar-refractivity contribution < 1.29 is 14.4 Å². The number of piperidine rings is 1. The molecule has 2 heterocycles. The van der Waals surface area contributed by atoms with Gasteiger partial charge in [-0.25, -0.2) is 4.79 Å². The van der Waals surface area contributed by atoms with Crippen LogP contribution in [0.3, 0.4) is 0 Å². The summed E-state index contributed by atoms with van der Waals surface area (Å²) in [6.45, 7) is 6.12. The highest BCUT2D eigenvalue weighted by Crippen LogP contribution is 2.31. The van der Waals surface area contributed by atoms with Crippen LogP contribution < -0.4 is 16.0 Å². The Labute approximate surface area is 265 Å². The van der Waals surface area contributed by atoms with Crippen LogP contribution in [0.5, 0.6) is 0 Å². The van der Waals surface area contributed by atoms with E-state index in [9.17, 15) is 14.4 Å². The third-order valence-electron chi connectivity index (χ3n) is 8.65. The lowest BCUT2D eigenvalue weighted by Crippen LogP contribution is -2.53. The van der Waals surface area contributed by atoms with Gasteiger partial charge < -0.3 is 30.7 Å². The maximum absolute atomic E-state index is 14.2. The lowest BCUT2D eigenvalue weighted by molar-refractivity contribution is -0.118. The number of rotatable bonds is 10. The summed E-state index contributed by atoms with van der Waals surface area (Å²) in [5.74, 6) is -0.616. The van der Waals surface area contributed by atoms with Crippen molar-refractivity contribution in [1.29, 1.82) is 0 Å². The molecule has 4 aromatic rings. The van der Waals surface area contributed by atoms with Crippen molar-refractivity contribution in [3.8, 4) is 0 Å². The van der Waals surface area contributed by atoms with Crippen LogP contribution >= 0.6 is 0 Å². The Balaban J connectivity index is 1.41. The predicted octanol–water partition coefficient (Wildman–Crippen LogP) is 5.68. The molecular weight excluding hydrogens is 564 g/mol. The molecule has 1 aromatic heterocycles. The number of para-hydroxylation sites is 1. The second-order valence-corrected chi connectivity index (χ2v) is 12.1. The first-order valence-electron chi connectivity index (χ1n) is 15.8. The van der Waals surface area contributed by atoms with Gasteiger partial charge in [-0.1, -0.05) is 61.5 Å². The van der Waals surface area contributed by atoms with Crippen LogP contribution in [0.25, 0.3) is 10.9 Å². The Morgan fingerprint density at radius 3 is 2.40 bits per heavy atom. The fourth-order valence-corrected chi connectivity index (χ4v) is 6.26. The van der Waals surface area contributed by atoms with Crippen molar-refractivity contribution in [1.82, 2.24) is 25.4 Å².